The second kappa shape index (κ2) is 15.3. The summed E-state index contributed by atoms with van der Waals surface area (Å²) in [6.45, 7) is 6.12. The van der Waals surface area contributed by atoms with Crippen molar-refractivity contribution in [3.8, 4) is 0 Å². The van der Waals surface area contributed by atoms with Crippen LogP contribution >= 0.6 is 0 Å². The highest BCUT2D eigenvalue weighted by Gasteiger charge is 2.41. The van der Waals surface area contributed by atoms with Gasteiger partial charge in [-0.15, -0.1) is 0 Å². The van der Waals surface area contributed by atoms with Gasteiger partial charge in [-0.25, -0.2) is 4.79 Å². The first-order valence-corrected chi connectivity index (χ1v) is 16.8. The Balaban J connectivity index is 1.26. The van der Waals surface area contributed by atoms with Crippen molar-refractivity contribution in [2.24, 2.45) is 5.92 Å². The second-order valence-corrected chi connectivity index (χ2v) is 12.2. The number of carbonyl (C=O) groups excluding carboxylic acids is 2. The number of ether oxygens (including phenoxy) is 4. The Bertz CT molecular complexity index is 1820. The molecule has 4 aromatic rings. The van der Waals surface area contributed by atoms with Gasteiger partial charge in [-0.1, -0.05) is 30.3 Å². The van der Waals surface area contributed by atoms with Crippen LogP contribution in [-0.2, 0) is 23.7 Å². The normalized spacial score (nSPS) is 20.3. The van der Waals surface area contributed by atoms with Gasteiger partial charge in [0.25, 0.3) is 5.91 Å². The average molecular weight is 661 g/mol. The smallest absolute Gasteiger partial charge is 0.326 e. The first kappa shape index (κ1) is 33.7. The number of fused-ring (bicyclic) bond motifs is 2. The number of likely N-dealkylation sites (tertiary alicyclic amines) is 1. The number of nitrogens with one attached hydrogen (secondary N) is 1. The summed E-state index contributed by atoms with van der Waals surface area (Å²) in [5, 5.41) is 9.87. The van der Waals surface area contributed by atoms with E-state index in [1.807, 2.05) is 72.3 Å². The number of carbonyl (C=O) groups is 2. The van der Waals surface area contributed by atoms with Crippen LogP contribution in [0.25, 0.3) is 21.9 Å². The van der Waals surface area contributed by atoms with Crippen molar-refractivity contribution < 1.29 is 33.6 Å². The van der Waals surface area contributed by atoms with Gasteiger partial charge in [0.05, 0.1) is 43.0 Å². The second-order valence-electron chi connectivity index (χ2n) is 12.2. The molecule has 2 aliphatic heterocycles. The predicted molar refractivity (Wildman–Crippen MR) is 180 cm³/mol. The largest absolute Gasteiger partial charge is 0.459 e. The zero-order chi connectivity index (χ0) is 33.6. The number of hydrogen-bond donors (Lipinski definition) is 2. The van der Waals surface area contributed by atoms with E-state index in [9.17, 15) is 14.4 Å². The first-order chi connectivity index (χ1) is 23.4. The highest BCUT2D eigenvalue weighted by Crippen LogP contribution is 2.42. The number of hydrogen-bond acceptors (Lipinski definition) is 8. The number of amides is 1. The topological polar surface area (TPSA) is 137 Å². The lowest BCUT2D eigenvalue weighted by atomic mass is 9.81. The van der Waals surface area contributed by atoms with E-state index >= 15 is 0 Å². The Morgan fingerprint density at radius 2 is 1.69 bits per heavy atom. The van der Waals surface area contributed by atoms with E-state index in [1.165, 1.54) is 6.92 Å². The summed E-state index contributed by atoms with van der Waals surface area (Å²) < 4.78 is 27.2. The number of rotatable bonds is 13. The van der Waals surface area contributed by atoms with Crippen molar-refractivity contribution in [1.29, 1.82) is 0 Å². The minimum absolute atomic E-state index is 0.0287. The number of aliphatic hydroxyl groups is 1. The molecule has 0 spiro atoms. The molecule has 2 N–H and O–H groups in total. The minimum Gasteiger partial charge on any atom is -0.459 e. The van der Waals surface area contributed by atoms with Crippen LogP contribution < -0.4 is 5.69 Å². The van der Waals surface area contributed by atoms with E-state index in [-0.39, 0.29) is 54.4 Å². The number of piperidine rings is 1. The third kappa shape index (κ3) is 6.98. The molecule has 3 atom stereocenters. The number of para-hydroxylation sites is 3. The van der Waals surface area contributed by atoms with Crippen molar-refractivity contribution >= 4 is 33.8 Å². The summed E-state index contributed by atoms with van der Waals surface area (Å²) in [7, 11) is 0. The standard InChI is InChI=1S/C36H44N4O8/c1-3-47-35-27(14-18-45-20-21-46-19-17-41)28(29-23-39(24(2)42)31-10-6-4-8-26(29)31)22-33(48-35)34(43)38-15-12-25(13-16-38)40-32-11-7-5-9-30(32)37-36(40)44/h4-11,22-23,25,27-28,35,41H,3,12-21H2,1-2H3,(H,37,44)/t27-,28+,35-/m1/s1. The molecule has 0 unspecified atom stereocenters. The van der Waals surface area contributed by atoms with Gasteiger partial charge < -0.3 is 33.9 Å². The van der Waals surface area contributed by atoms with E-state index in [0.717, 1.165) is 27.5 Å². The van der Waals surface area contributed by atoms with Crippen LogP contribution in [-0.4, -0.2) is 95.0 Å². The molecule has 2 aliphatic rings. The number of imidazole rings is 1. The number of nitrogens with zero attached hydrogens (tertiary/aromatic N) is 3. The van der Waals surface area contributed by atoms with Gasteiger partial charge in [-0.3, -0.25) is 18.7 Å². The molecule has 2 aromatic heterocycles. The van der Waals surface area contributed by atoms with Crippen molar-refractivity contribution in [1.82, 2.24) is 19.0 Å². The molecule has 0 saturated carbocycles. The van der Waals surface area contributed by atoms with E-state index in [2.05, 4.69) is 4.98 Å². The van der Waals surface area contributed by atoms with E-state index in [4.69, 9.17) is 24.1 Å². The summed E-state index contributed by atoms with van der Waals surface area (Å²) in [6, 6.07) is 15.4. The first-order valence-electron chi connectivity index (χ1n) is 16.8. The highest BCUT2D eigenvalue weighted by atomic mass is 16.7. The third-order valence-corrected chi connectivity index (χ3v) is 9.31. The molecule has 12 heteroatoms. The molecule has 2 aromatic carbocycles. The maximum Gasteiger partial charge on any atom is 0.326 e. The molecule has 1 saturated heterocycles. The SMILES string of the molecule is CCO[C@@H]1OC(C(=O)N2CCC(n3c(=O)[nH]c4ccccc43)CC2)=C[C@H](c2cn(C(C)=O)c3ccccc23)[C@H]1CCOCCOCCO. The molecule has 256 valence electrons. The Kier molecular flexibility index (Phi) is 10.8. The van der Waals surface area contributed by atoms with E-state index in [0.29, 0.717) is 58.8 Å². The molecule has 6 rings (SSSR count). The van der Waals surface area contributed by atoms with Crippen molar-refractivity contribution in [3.05, 3.63) is 82.6 Å². The molecule has 48 heavy (non-hydrogen) atoms. The molecule has 1 amide bonds. The Morgan fingerprint density at radius 3 is 2.42 bits per heavy atom. The van der Waals surface area contributed by atoms with Gasteiger partial charge >= 0.3 is 5.69 Å². The Labute approximate surface area is 278 Å². The molecular formula is C36H44N4O8. The quantitative estimate of drug-likeness (QED) is 0.204. The van der Waals surface area contributed by atoms with Crippen molar-refractivity contribution in [3.63, 3.8) is 0 Å². The fraction of sp³-hybridized carbons (Fsp3) is 0.472. The molecule has 1 fully saturated rings. The fourth-order valence-corrected chi connectivity index (χ4v) is 7.05. The summed E-state index contributed by atoms with van der Waals surface area (Å²) in [6.07, 6.45) is 4.86. The van der Waals surface area contributed by atoms with Gasteiger partial charge in [0.2, 0.25) is 12.2 Å². The number of aromatic amines is 1. The van der Waals surface area contributed by atoms with Crippen LogP contribution in [0.5, 0.6) is 0 Å². The predicted octanol–water partition coefficient (Wildman–Crippen LogP) is 4.20. The average Bonchev–Trinajstić information content (AvgIpc) is 3.65. The molecule has 12 nitrogen and oxygen atoms in total. The van der Waals surface area contributed by atoms with E-state index < -0.39 is 6.29 Å². The summed E-state index contributed by atoms with van der Waals surface area (Å²) >= 11 is 0. The van der Waals surface area contributed by atoms with Crippen LogP contribution in [0.2, 0.25) is 0 Å². The molecule has 0 radical (unpaired) electrons. The monoisotopic (exact) mass is 660 g/mol. The van der Waals surface area contributed by atoms with Crippen LogP contribution in [0.1, 0.15) is 55.4 Å². The van der Waals surface area contributed by atoms with Gasteiger partial charge in [-0.2, -0.15) is 0 Å². The van der Waals surface area contributed by atoms with Crippen LogP contribution in [0.4, 0.5) is 0 Å². The number of allylic oxidation sites excluding steroid dienone is 1. The number of aliphatic hydroxyl groups excluding tert-OH is 1. The summed E-state index contributed by atoms with van der Waals surface area (Å²) in [4.78, 5) is 44.3. The lowest BCUT2D eigenvalue weighted by Crippen LogP contribution is -2.44. The summed E-state index contributed by atoms with van der Waals surface area (Å²) in [5.74, 6) is -0.635. The van der Waals surface area contributed by atoms with Crippen molar-refractivity contribution in [2.75, 3.05) is 52.7 Å². The molecule has 4 heterocycles. The number of benzene rings is 2. The maximum atomic E-state index is 14.1. The fourth-order valence-electron chi connectivity index (χ4n) is 7.05. The number of aromatic nitrogens is 3. The van der Waals surface area contributed by atoms with Gasteiger partial charge in [0.15, 0.2) is 5.76 Å². The lowest BCUT2D eigenvalue weighted by Gasteiger charge is -2.39. The van der Waals surface area contributed by atoms with Crippen LogP contribution in [0.15, 0.2) is 71.4 Å². The third-order valence-electron chi connectivity index (χ3n) is 9.31. The van der Waals surface area contributed by atoms with Crippen molar-refractivity contribution in [2.45, 2.75) is 51.4 Å². The van der Waals surface area contributed by atoms with E-state index in [1.54, 1.807) is 9.47 Å². The maximum absolute atomic E-state index is 14.1. The summed E-state index contributed by atoms with van der Waals surface area (Å²) in [5.41, 5.74) is 3.24. The number of H-pyrrole nitrogens is 1. The van der Waals surface area contributed by atoms with Gasteiger partial charge in [-0.05, 0) is 56.0 Å². The zero-order valence-electron chi connectivity index (χ0n) is 27.5. The highest BCUT2D eigenvalue weighted by molar-refractivity contribution is 5.95. The lowest BCUT2D eigenvalue weighted by molar-refractivity contribution is -0.172. The van der Waals surface area contributed by atoms with Crippen LogP contribution in [0, 0.1) is 5.92 Å². The zero-order valence-corrected chi connectivity index (χ0v) is 27.5. The molecular weight excluding hydrogens is 616 g/mol. The minimum atomic E-state index is -0.722. The Morgan fingerprint density at radius 1 is 0.979 bits per heavy atom. The van der Waals surface area contributed by atoms with Gasteiger partial charge in [0, 0.05) is 62.7 Å². The van der Waals surface area contributed by atoms with Gasteiger partial charge in [0.1, 0.15) is 0 Å². The molecule has 0 aliphatic carbocycles. The Hall–Kier alpha value is -4.23. The molecule has 0 bridgehead atoms. The van der Waals surface area contributed by atoms with Crippen LogP contribution in [0.3, 0.4) is 0 Å².